The van der Waals surface area contributed by atoms with E-state index >= 15 is 0 Å². The molecule has 4 rings (SSSR count). The number of ether oxygens (including phenoxy) is 2. The summed E-state index contributed by atoms with van der Waals surface area (Å²) in [6.45, 7) is 1.44. The predicted molar refractivity (Wildman–Crippen MR) is 127 cm³/mol. The van der Waals surface area contributed by atoms with Gasteiger partial charge in [-0.1, -0.05) is 12.1 Å². The molecule has 1 heterocycles. The van der Waals surface area contributed by atoms with Gasteiger partial charge in [0.15, 0.2) is 0 Å². The van der Waals surface area contributed by atoms with Gasteiger partial charge in [-0.3, -0.25) is 9.69 Å². The highest BCUT2D eigenvalue weighted by Gasteiger charge is 2.30. The van der Waals surface area contributed by atoms with Crippen molar-refractivity contribution in [3.8, 4) is 11.5 Å². The van der Waals surface area contributed by atoms with E-state index in [9.17, 15) is 13.6 Å². The Balaban J connectivity index is 1.55. The lowest BCUT2D eigenvalue weighted by molar-refractivity contribution is 0.0958. The van der Waals surface area contributed by atoms with E-state index in [0.29, 0.717) is 43.0 Å². The molecule has 0 unspecified atom stereocenters. The van der Waals surface area contributed by atoms with Gasteiger partial charge in [-0.2, -0.15) is 0 Å². The lowest BCUT2D eigenvalue weighted by Crippen LogP contribution is -2.47. The van der Waals surface area contributed by atoms with Crippen LogP contribution in [0.4, 0.5) is 14.5 Å². The Morgan fingerprint density at radius 2 is 1.53 bits per heavy atom. The molecule has 5 nitrogen and oxygen atoms in total. The second kappa shape index (κ2) is 10.7. The fourth-order valence-corrected chi connectivity index (χ4v) is 4.37. The van der Waals surface area contributed by atoms with Crippen LogP contribution < -0.4 is 14.4 Å². The van der Waals surface area contributed by atoms with Crippen LogP contribution in [0.25, 0.3) is 0 Å². The number of halogens is 2. The number of anilines is 1. The summed E-state index contributed by atoms with van der Waals surface area (Å²) in [5, 5.41) is 0. The lowest BCUT2D eigenvalue weighted by atomic mass is 10.00. The fraction of sp³-hybridized carbons (Fsp3) is 0.296. The summed E-state index contributed by atoms with van der Waals surface area (Å²) in [5.74, 6) is 0.162. The zero-order chi connectivity index (χ0) is 24.1. The molecule has 3 aromatic rings. The van der Waals surface area contributed by atoms with Crippen molar-refractivity contribution < 1.29 is 23.0 Å². The zero-order valence-electron chi connectivity index (χ0n) is 19.3. The summed E-state index contributed by atoms with van der Waals surface area (Å²) >= 11 is 0. The average molecular weight is 467 g/mol. The van der Waals surface area contributed by atoms with Crippen molar-refractivity contribution in [1.29, 1.82) is 0 Å². The molecule has 1 fully saturated rings. The van der Waals surface area contributed by atoms with Crippen LogP contribution in [0.2, 0.25) is 0 Å². The van der Waals surface area contributed by atoms with E-state index in [1.54, 1.807) is 38.5 Å². The number of piperidine rings is 1. The highest BCUT2D eigenvalue weighted by atomic mass is 19.1. The minimum atomic E-state index is -0.533. The predicted octanol–water partition coefficient (Wildman–Crippen LogP) is 5.29. The quantitative estimate of drug-likeness (QED) is 0.474. The average Bonchev–Trinajstić information content (AvgIpc) is 2.87. The first kappa shape index (κ1) is 23.7. The molecule has 1 aliphatic heterocycles. The fourth-order valence-electron chi connectivity index (χ4n) is 4.37. The summed E-state index contributed by atoms with van der Waals surface area (Å²) in [6, 6.07) is 18.4. The monoisotopic (exact) mass is 466 g/mol. The van der Waals surface area contributed by atoms with E-state index in [4.69, 9.17) is 9.47 Å². The third kappa shape index (κ3) is 5.20. The molecule has 178 valence electrons. The van der Waals surface area contributed by atoms with E-state index in [0.717, 1.165) is 5.69 Å². The minimum Gasteiger partial charge on any atom is -0.497 e. The number of hydrogen-bond donors (Lipinski definition) is 0. The topological polar surface area (TPSA) is 42.0 Å². The second-order valence-electron chi connectivity index (χ2n) is 8.31. The van der Waals surface area contributed by atoms with Gasteiger partial charge in [0.05, 0.1) is 14.2 Å². The van der Waals surface area contributed by atoms with Gasteiger partial charge < -0.3 is 14.4 Å². The van der Waals surface area contributed by atoms with Gasteiger partial charge in [-0.05, 0) is 61.4 Å². The maximum Gasteiger partial charge on any atom is 0.258 e. The van der Waals surface area contributed by atoms with Crippen LogP contribution >= 0.6 is 0 Å². The zero-order valence-corrected chi connectivity index (χ0v) is 19.3. The number of benzene rings is 3. The van der Waals surface area contributed by atoms with Crippen molar-refractivity contribution in [2.75, 3.05) is 32.2 Å². The largest absolute Gasteiger partial charge is 0.497 e. The van der Waals surface area contributed by atoms with Gasteiger partial charge in [0, 0.05) is 48.6 Å². The number of amides is 1. The number of hydrogen-bond acceptors (Lipinski definition) is 4. The second-order valence-corrected chi connectivity index (χ2v) is 8.31. The molecule has 0 saturated carbocycles. The first-order chi connectivity index (χ1) is 16.5. The first-order valence-electron chi connectivity index (χ1n) is 11.3. The Labute approximate surface area is 198 Å². The van der Waals surface area contributed by atoms with Gasteiger partial charge in [0.2, 0.25) is 0 Å². The molecule has 0 atom stereocenters. The standard InChI is InChI=1S/C27H28F2N2O3/c1-33-22-11-9-19(10-12-22)27(32)31(21-5-3-6-23(17-21)34-2)20-13-15-30(16-14-20)18-24-25(28)7-4-8-26(24)29/h3-12,17,20H,13-16,18H2,1-2H3. The van der Waals surface area contributed by atoms with Crippen molar-refractivity contribution in [2.45, 2.75) is 25.4 Å². The molecule has 0 N–H and O–H groups in total. The number of likely N-dealkylation sites (tertiary alicyclic amines) is 1. The molecule has 1 aliphatic rings. The van der Waals surface area contributed by atoms with Crippen LogP contribution in [0.5, 0.6) is 11.5 Å². The van der Waals surface area contributed by atoms with Crippen molar-refractivity contribution in [1.82, 2.24) is 4.90 Å². The maximum atomic E-state index is 14.1. The van der Waals surface area contributed by atoms with Crippen molar-refractivity contribution >= 4 is 11.6 Å². The molecule has 1 saturated heterocycles. The Hall–Kier alpha value is -3.45. The number of nitrogens with zero attached hydrogens (tertiary/aromatic N) is 2. The Bertz CT molecular complexity index is 1110. The first-order valence-corrected chi connectivity index (χ1v) is 11.3. The van der Waals surface area contributed by atoms with Crippen LogP contribution in [0.3, 0.4) is 0 Å². The van der Waals surface area contributed by atoms with E-state index in [1.807, 2.05) is 34.1 Å². The van der Waals surface area contributed by atoms with Crippen molar-refractivity contribution in [3.05, 3.63) is 89.5 Å². The highest BCUT2D eigenvalue weighted by Crippen LogP contribution is 2.30. The third-order valence-corrected chi connectivity index (χ3v) is 6.25. The summed E-state index contributed by atoms with van der Waals surface area (Å²) in [5.41, 5.74) is 1.39. The van der Waals surface area contributed by atoms with Gasteiger partial charge in [0.25, 0.3) is 5.91 Å². The summed E-state index contributed by atoms with van der Waals surface area (Å²) in [4.78, 5) is 17.5. The molecule has 34 heavy (non-hydrogen) atoms. The summed E-state index contributed by atoms with van der Waals surface area (Å²) < 4.78 is 38.8. The van der Waals surface area contributed by atoms with E-state index < -0.39 is 11.6 Å². The molecular formula is C27H28F2N2O3. The van der Waals surface area contributed by atoms with Gasteiger partial charge >= 0.3 is 0 Å². The van der Waals surface area contributed by atoms with E-state index in [-0.39, 0.29) is 24.1 Å². The molecule has 3 aromatic carbocycles. The van der Waals surface area contributed by atoms with Crippen molar-refractivity contribution in [2.24, 2.45) is 0 Å². The minimum absolute atomic E-state index is 0.0663. The molecule has 0 aromatic heterocycles. The van der Waals surface area contributed by atoms with Crippen molar-refractivity contribution in [3.63, 3.8) is 0 Å². The number of rotatable bonds is 7. The van der Waals surface area contributed by atoms with Crippen LogP contribution in [0, 0.1) is 11.6 Å². The summed E-state index contributed by atoms with van der Waals surface area (Å²) in [6.07, 6.45) is 1.35. The summed E-state index contributed by atoms with van der Waals surface area (Å²) in [7, 11) is 3.18. The van der Waals surface area contributed by atoms with Gasteiger partial charge in [-0.15, -0.1) is 0 Å². The highest BCUT2D eigenvalue weighted by molar-refractivity contribution is 6.06. The Morgan fingerprint density at radius 1 is 0.912 bits per heavy atom. The smallest absolute Gasteiger partial charge is 0.258 e. The van der Waals surface area contributed by atoms with E-state index in [1.165, 1.54) is 18.2 Å². The van der Waals surface area contributed by atoms with E-state index in [2.05, 4.69) is 0 Å². The molecule has 1 amide bonds. The number of carbonyl (C=O) groups excluding carboxylic acids is 1. The third-order valence-electron chi connectivity index (χ3n) is 6.25. The van der Waals surface area contributed by atoms with Crippen LogP contribution in [0.1, 0.15) is 28.8 Å². The van der Waals surface area contributed by atoms with Gasteiger partial charge in [-0.25, -0.2) is 8.78 Å². The Kier molecular flexibility index (Phi) is 7.43. The number of carbonyl (C=O) groups is 1. The van der Waals surface area contributed by atoms with Crippen LogP contribution in [-0.2, 0) is 6.54 Å². The Morgan fingerprint density at radius 3 is 2.15 bits per heavy atom. The lowest BCUT2D eigenvalue weighted by Gasteiger charge is -2.39. The SMILES string of the molecule is COc1ccc(C(=O)N(c2cccc(OC)c2)C2CCN(Cc3c(F)cccc3F)CC2)cc1. The normalized spacial score (nSPS) is 14.6. The molecule has 7 heteroatoms. The molecular weight excluding hydrogens is 438 g/mol. The number of methoxy groups -OCH3 is 2. The maximum absolute atomic E-state index is 14.1. The van der Waals surface area contributed by atoms with Crippen LogP contribution in [-0.4, -0.2) is 44.2 Å². The van der Waals surface area contributed by atoms with Crippen LogP contribution in [0.15, 0.2) is 66.7 Å². The molecule has 0 radical (unpaired) electrons. The van der Waals surface area contributed by atoms with Gasteiger partial charge in [0.1, 0.15) is 23.1 Å². The molecule has 0 spiro atoms. The molecule has 0 bridgehead atoms. The molecule has 0 aliphatic carbocycles.